The second kappa shape index (κ2) is 17.8. The van der Waals surface area contributed by atoms with Gasteiger partial charge in [0.2, 0.25) is 0 Å². The molecule has 0 aromatic heterocycles. The highest BCUT2D eigenvalue weighted by Gasteiger charge is 2.13. The van der Waals surface area contributed by atoms with Crippen molar-refractivity contribution in [2.45, 2.75) is 166 Å². The van der Waals surface area contributed by atoms with Gasteiger partial charge in [-0.3, -0.25) is 10.9 Å². The Balaban J connectivity index is 1.71. The highest BCUT2D eigenvalue weighted by atomic mass is 15.4. The minimum absolute atomic E-state index is 0.699. The fraction of sp³-hybridized carbons (Fsp3) is 1.00. The molecule has 166 valence electrons. The summed E-state index contributed by atoms with van der Waals surface area (Å²) in [5.41, 5.74) is 7.67. The van der Waals surface area contributed by atoms with Gasteiger partial charge in [-0.25, -0.2) is 0 Å². The van der Waals surface area contributed by atoms with E-state index in [9.17, 15) is 0 Å². The average molecular weight is 393 g/mol. The molecule has 2 fully saturated rings. The molecule has 2 saturated carbocycles. The summed E-state index contributed by atoms with van der Waals surface area (Å²) in [7, 11) is 0. The van der Waals surface area contributed by atoms with Crippen LogP contribution >= 0.6 is 0 Å². The molecular formula is C26H52N2. The fourth-order valence-corrected chi connectivity index (χ4v) is 5.20. The summed E-state index contributed by atoms with van der Waals surface area (Å²) < 4.78 is 0. The molecule has 2 N–H and O–H groups in total. The number of nitrogens with one attached hydrogen (secondary N) is 2. The monoisotopic (exact) mass is 392 g/mol. The Morgan fingerprint density at radius 3 is 0.643 bits per heavy atom. The smallest absolute Gasteiger partial charge is 0.0213 e. The molecule has 2 aliphatic rings. The van der Waals surface area contributed by atoms with Crippen molar-refractivity contribution >= 4 is 0 Å². The molecule has 0 unspecified atom stereocenters. The first kappa shape index (κ1) is 24.2. The van der Waals surface area contributed by atoms with Gasteiger partial charge >= 0.3 is 0 Å². The molecule has 0 aromatic rings. The van der Waals surface area contributed by atoms with Gasteiger partial charge in [-0.05, 0) is 25.7 Å². The quantitative estimate of drug-likeness (QED) is 0.473. The predicted molar refractivity (Wildman–Crippen MR) is 125 cm³/mol. The van der Waals surface area contributed by atoms with Crippen LogP contribution in [0, 0.1) is 0 Å². The standard InChI is InChI=1S/C26H52N2/c1-2-6-10-14-18-22-25(21-17-13-9-5-1)27-28-26-23-19-15-11-7-3-4-8-12-16-20-24-26/h25-28H,1-24H2. The van der Waals surface area contributed by atoms with Crippen molar-refractivity contribution in [3.8, 4) is 0 Å². The third-order valence-electron chi connectivity index (χ3n) is 7.20. The van der Waals surface area contributed by atoms with E-state index < -0.39 is 0 Å². The van der Waals surface area contributed by atoms with E-state index in [0.717, 1.165) is 0 Å². The van der Waals surface area contributed by atoms with Crippen LogP contribution in [-0.2, 0) is 0 Å². The van der Waals surface area contributed by atoms with E-state index in [1.165, 1.54) is 154 Å². The Kier molecular flexibility index (Phi) is 15.3. The third kappa shape index (κ3) is 13.2. The first-order valence-electron chi connectivity index (χ1n) is 13.5. The zero-order valence-electron chi connectivity index (χ0n) is 19.1. The molecule has 28 heavy (non-hydrogen) atoms. The Morgan fingerprint density at radius 2 is 0.429 bits per heavy atom. The Bertz CT molecular complexity index is 270. The van der Waals surface area contributed by atoms with Crippen LogP contribution in [0.25, 0.3) is 0 Å². The molecule has 0 aromatic carbocycles. The van der Waals surface area contributed by atoms with E-state index in [1.807, 2.05) is 0 Å². The summed E-state index contributed by atoms with van der Waals surface area (Å²) in [6.45, 7) is 0. The maximum absolute atomic E-state index is 3.83. The summed E-state index contributed by atoms with van der Waals surface area (Å²) in [6.07, 6.45) is 34.6. The van der Waals surface area contributed by atoms with Crippen molar-refractivity contribution in [3.05, 3.63) is 0 Å². The van der Waals surface area contributed by atoms with E-state index in [1.54, 1.807) is 0 Å². The first-order chi connectivity index (χ1) is 13.9. The van der Waals surface area contributed by atoms with Crippen LogP contribution < -0.4 is 10.9 Å². The van der Waals surface area contributed by atoms with E-state index in [2.05, 4.69) is 10.9 Å². The van der Waals surface area contributed by atoms with Crippen LogP contribution in [0.2, 0.25) is 0 Å². The van der Waals surface area contributed by atoms with Crippen LogP contribution in [0.1, 0.15) is 154 Å². The molecule has 2 heteroatoms. The van der Waals surface area contributed by atoms with Gasteiger partial charge in [0.1, 0.15) is 0 Å². The van der Waals surface area contributed by atoms with Crippen LogP contribution in [0.5, 0.6) is 0 Å². The number of hydrogen-bond acceptors (Lipinski definition) is 2. The van der Waals surface area contributed by atoms with Crippen molar-refractivity contribution in [1.29, 1.82) is 0 Å². The summed E-state index contributed by atoms with van der Waals surface area (Å²) >= 11 is 0. The highest BCUT2D eigenvalue weighted by Crippen LogP contribution is 2.19. The molecule has 2 aliphatic carbocycles. The van der Waals surface area contributed by atoms with E-state index in [0.29, 0.717) is 12.1 Å². The molecule has 0 amide bonds. The molecular weight excluding hydrogens is 340 g/mol. The van der Waals surface area contributed by atoms with Crippen molar-refractivity contribution in [2.24, 2.45) is 0 Å². The summed E-state index contributed by atoms with van der Waals surface area (Å²) in [4.78, 5) is 0. The maximum atomic E-state index is 3.83. The molecule has 0 radical (unpaired) electrons. The van der Waals surface area contributed by atoms with Gasteiger partial charge in [0, 0.05) is 12.1 Å². The van der Waals surface area contributed by atoms with Crippen molar-refractivity contribution in [3.63, 3.8) is 0 Å². The van der Waals surface area contributed by atoms with Gasteiger partial charge in [0.05, 0.1) is 0 Å². The highest BCUT2D eigenvalue weighted by molar-refractivity contribution is 4.71. The molecule has 0 atom stereocenters. The van der Waals surface area contributed by atoms with Gasteiger partial charge in [-0.1, -0.05) is 128 Å². The maximum Gasteiger partial charge on any atom is 0.0213 e. The van der Waals surface area contributed by atoms with Gasteiger partial charge in [-0.2, -0.15) is 0 Å². The predicted octanol–water partition coefficient (Wildman–Crippen LogP) is 8.21. The normalized spacial score (nSPS) is 25.3. The topological polar surface area (TPSA) is 24.1 Å². The van der Waals surface area contributed by atoms with Crippen LogP contribution in [0.4, 0.5) is 0 Å². The van der Waals surface area contributed by atoms with E-state index >= 15 is 0 Å². The molecule has 0 saturated heterocycles. The zero-order valence-corrected chi connectivity index (χ0v) is 19.1. The first-order valence-corrected chi connectivity index (χ1v) is 13.5. The number of rotatable bonds is 3. The minimum atomic E-state index is 0.699. The fourth-order valence-electron chi connectivity index (χ4n) is 5.20. The van der Waals surface area contributed by atoms with Crippen LogP contribution in [0.15, 0.2) is 0 Å². The van der Waals surface area contributed by atoms with Crippen LogP contribution in [0.3, 0.4) is 0 Å². The largest absolute Gasteiger partial charge is 0.255 e. The Morgan fingerprint density at radius 1 is 0.250 bits per heavy atom. The number of hydrazine groups is 1. The van der Waals surface area contributed by atoms with Crippen LogP contribution in [-0.4, -0.2) is 12.1 Å². The molecule has 0 heterocycles. The number of hydrogen-bond donors (Lipinski definition) is 2. The second-order valence-electron chi connectivity index (χ2n) is 9.91. The van der Waals surface area contributed by atoms with Gasteiger partial charge in [0.25, 0.3) is 0 Å². The van der Waals surface area contributed by atoms with Gasteiger partial charge < -0.3 is 0 Å². The summed E-state index contributed by atoms with van der Waals surface area (Å²) in [5.74, 6) is 0. The Hall–Kier alpha value is -0.0800. The molecule has 2 nitrogen and oxygen atoms in total. The minimum Gasteiger partial charge on any atom is -0.255 e. The lowest BCUT2D eigenvalue weighted by atomic mass is 10.0. The molecule has 0 aliphatic heterocycles. The SMILES string of the molecule is C1CCCCCCC(NNC2CCCCCCCCCCCC2)CCCCC1. The molecule has 2 rings (SSSR count). The molecule has 0 bridgehead atoms. The summed E-state index contributed by atoms with van der Waals surface area (Å²) in [5, 5.41) is 0. The summed E-state index contributed by atoms with van der Waals surface area (Å²) in [6, 6.07) is 1.40. The van der Waals surface area contributed by atoms with Crippen molar-refractivity contribution < 1.29 is 0 Å². The van der Waals surface area contributed by atoms with Crippen molar-refractivity contribution in [1.82, 2.24) is 10.9 Å². The van der Waals surface area contributed by atoms with Gasteiger partial charge in [0.15, 0.2) is 0 Å². The third-order valence-corrected chi connectivity index (χ3v) is 7.20. The average Bonchev–Trinajstić information content (AvgIpc) is 2.75. The van der Waals surface area contributed by atoms with Gasteiger partial charge in [-0.15, -0.1) is 0 Å². The Labute approximate surface area is 177 Å². The second-order valence-corrected chi connectivity index (χ2v) is 9.91. The lowest BCUT2D eigenvalue weighted by molar-refractivity contribution is 0.304. The zero-order chi connectivity index (χ0) is 19.5. The lowest BCUT2D eigenvalue weighted by Gasteiger charge is -2.25. The van der Waals surface area contributed by atoms with Crippen molar-refractivity contribution in [2.75, 3.05) is 0 Å². The lowest BCUT2D eigenvalue weighted by Crippen LogP contribution is -2.46. The molecule has 0 spiro atoms. The van der Waals surface area contributed by atoms with E-state index in [-0.39, 0.29) is 0 Å². The van der Waals surface area contributed by atoms with E-state index in [4.69, 9.17) is 0 Å².